The predicted molar refractivity (Wildman–Crippen MR) is 63.8 cm³/mol. The van der Waals surface area contributed by atoms with Crippen molar-refractivity contribution in [3.05, 3.63) is 54.2 Å². The number of hydrogen-bond donors (Lipinski definition) is 0. The Balaban J connectivity index is 2.42. The Morgan fingerprint density at radius 3 is 2.27 bits per heavy atom. The zero-order valence-electron chi connectivity index (χ0n) is 9.14. The first-order valence-electron chi connectivity index (χ1n) is 5.30. The third kappa shape index (κ3) is 2.24. The average molecular weight is 197 g/mol. The van der Waals surface area contributed by atoms with Crippen LogP contribution >= 0.6 is 0 Å². The SMILES string of the molecule is CC(C)c1cccc(-c2ccccc2)n1. The minimum Gasteiger partial charge on any atom is -0.253 e. The highest BCUT2D eigenvalue weighted by atomic mass is 14.7. The van der Waals surface area contributed by atoms with Crippen LogP contribution in [-0.4, -0.2) is 4.98 Å². The van der Waals surface area contributed by atoms with E-state index in [1.165, 1.54) is 5.56 Å². The zero-order chi connectivity index (χ0) is 10.7. The highest BCUT2D eigenvalue weighted by Gasteiger charge is 2.02. The van der Waals surface area contributed by atoms with Gasteiger partial charge in [-0.2, -0.15) is 0 Å². The van der Waals surface area contributed by atoms with Gasteiger partial charge in [0.15, 0.2) is 0 Å². The Labute approximate surface area is 90.8 Å². The fraction of sp³-hybridized carbons (Fsp3) is 0.214. The maximum Gasteiger partial charge on any atom is 0.0705 e. The Morgan fingerprint density at radius 1 is 0.867 bits per heavy atom. The van der Waals surface area contributed by atoms with E-state index in [9.17, 15) is 0 Å². The molecule has 1 aromatic heterocycles. The molecule has 0 saturated carbocycles. The van der Waals surface area contributed by atoms with Gasteiger partial charge in [-0.1, -0.05) is 50.2 Å². The van der Waals surface area contributed by atoms with E-state index in [2.05, 4.69) is 49.2 Å². The number of benzene rings is 1. The Bertz CT molecular complexity index is 432. The molecule has 1 heterocycles. The Hall–Kier alpha value is -1.63. The molecule has 0 aliphatic carbocycles. The van der Waals surface area contributed by atoms with E-state index in [4.69, 9.17) is 0 Å². The molecule has 2 aromatic rings. The molecule has 0 unspecified atom stereocenters. The van der Waals surface area contributed by atoms with Crippen LogP contribution in [0.4, 0.5) is 0 Å². The van der Waals surface area contributed by atoms with Crippen molar-refractivity contribution in [2.24, 2.45) is 0 Å². The molecule has 1 nitrogen and oxygen atoms in total. The molecule has 0 aliphatic rings. The standard InChI is InChI=1S/C14H15N/c1-11(2)13-9-6-10-14(15-13)12-7-4-3-5-8-12/h3-11H,1-2H3. The van der Waals surface area contributed by atoms with Gasteiger partial charge in [-0.25, -0.2) is 0 Å². The lowest BCUT2D eigenvalue weighted by molar-refractivity contribution is 0.824. The number of nitrogens with zero attached hydrogens (tertiary/aromatic N) is 1. The van der Waals surface area contributed by atoms with Crippen molar-refractivity contribution < 1.29 is 0 Å². The molecular formula is C14H15N. The van der Waals surface area contributed by atoms with Gasteiger partial charge >= 0.3 is 0 Å². The molecule has 1 heteroatoms. The molecule has 2 rings (SSSR count). The quantitative estimate of drug-likeness (QED) is 0.712. The number of rotatable bonds is 2. The van der Waals surface area contributed by atoms with Gasteiger partial charge in [0.2, 0.25) is 0 Å². The van der Waals surface area contributed by atoms with Gasteiger partial charge in [-0.3, -0.25) is 4.98 Å². The first kappa shape index (κ1) is 9.91. The molecule has 1 aromatic carbocycles. The lowest BCUT2D eigenvalue weighted by Gasteiger charge is -2.06. The van der Waals surface area contributed by atoms with Gasteiger partial charge in [-0.15, -0.1) is 0 Å². The maximum absolute atomic E-state index is 4.64. The maximum atomic E-state index is 4.64. The molecule has 0 fully saturated rings. The molecule has 0 amide bonds. The van der Waals surface area contributed by atoms with Crippen molar-refractivity contribution in [2.75, 3.05) is 0 Å². The predicted octanol–water partition coefficient (Wildman–Crippen LogP) is 3.87. The van der Waals surface area contributed by atoms with Gasteiger partial charge in [0.05, 0.1) is 5.69 Å². The number of pyridine rings is 1. The van der Waals surface area contributed by atoms with E-state index < -0.39 is 0 Å². The molecule has 76 valence electrons. The minimum atomic E-state index is 0.480. The fourth-order valence-corrected chi connectivity index (χ4v) is 1.54. The minimum absolute atomic E-state index is 0.480. The molecule has 0 N–H and O–H groups in total. The van der Waals surface area contributed by atoms with Crippen molar-refractivity contribution in [2.45, 2.75) is 19.8 Å². The summed E-state index contributed by atoms with van der Waals surface area (Å²) in [5.41, 5.74) is 3.39. The largest absolute Gasteiger partial charge is 0.253 e. The summed E-state index contributed by atoms with van der Waals surface area (Å²) in [4.78, 5) is 4.64. The highest BCUT2D eigenvalue weighted by molar-refractivity contribution is 5.58. The van der Waals surface area contributed by atoms with Gasteiger partial charge < -0.3 is 0 Å². The lowest BCUT2D eigenvalue weighted by Crippen LogP contribution is -1.93. The van der Waals surface area contributed by atoms with E-state index >= 15 is 0 Å². The summed E-state index contributed by atoms with van der Waals surface area (Å²) < 4.78 is 0. The monoisotopic (exact) mass is 197 g/mol. The molecule has 15 heavy (non-hydrogen) atoms. The van der Waals surface area contributed by atoms with E-state index in [0.717, 1.165) is 11.4 Å². The fourth-order valence-electron chi connectivity index (χ4n) is 1.54. The van der Waals surface area contributed by atoms with Crippen LogP contribution in [0.15, 0.2) is 48.5 Å². The first-order valence-corrected chi connectivity index (χ1v) is 5.30. The highest BCUT2D eigenvalue weighted by Crippen LogP contribution is 2.19. The molecule has 0 atom stereocenters. The van der Waals surface area contributed by atoms with Crippen molar-refractivity contribution in [3.8, 4) is 11.3 Å². The topological polar surface area (TPSA) is 12.9 Å². The molecule has 0 spiro atoms. The van der Waals surface area contributed by atoms with Crippen molar-refractivity contribution in [1.82, 2.24) is 4.98 Å². The van der Waals surface area contributed by atoms with Crippen LogP contribution in [0, 0.1) is 0 Å². The first-order chi connectivity index (χ1) is 7.27. The second-order valence-electron chi connectivity index (χ2n) is 3.97. The summed E-state index contributed by atoms with van der Waals surface area (Å²) in [6, 6.07) is 16.5. The summed E-state index contributed by atoms with van der Waals surface area (Å²) in [5, 5.41) is 0. The van der Waals surface area contributed by atoms with Crippen LogP contribution in [0.1, 0.15) is 25.5 Å². The van der Waals surface area contributed by atoms with Gasteiger partial charge in [-0.05, 0) is 18.1 Å². The number of aromatic nitrogens is 1. The summed E-state index contributed by atoms with van der Waals surface area (Å²) in [6.07, 6.45) is 0. The summed E-state index contributed by atoms with van der Waals surface area (Å²) in [7, 11) is 0. The Kier molecular flexibility index (Phi) is 2.82. The van der Waals surface area contributed by atoms with Gasteiger partial charge in [0.1, 0.15) is 0 Å². The van der Waals surface area contributed by atoms with Crippen LogP contribution in [0.2, 0.25) is 0 Å². The normalized spacial score (nSPS) is 10.6. The molecule has 0 radical (unpaired) electrons. The van der Waals surface area contributed by atoms with Crippen LogP contribution in [0.5, 0.6) is 0 Å². The average Bonchev–Trinajstić information content (AvgIpc) is 2.30. The summed E-state index contributed by atoms with van der Waals surface area (Å²) in [5.74, 6) is 0.480. The smallest absolute Gasteiger partial charge is 0.0705 e. The van der Waals surface area contributed by atoms with Gasteiger partial charge in [0, 0.05) is 11.3 Å². The molecule has 0 aliphatic heterocycles. The van der Waals surface area contributed by atoms with Gasteiger partial charge in [0.25, 0.3) is 0 Å². The van der Waals surface area contributed by atoms with E-state index in [0.29, 0.717) is 5.92 Å². The molecular weight excluding hydrogens is 182 g/mol. The van der Waals surface area contributed by atoms with E-state index in [1.54, 1.807) is 0 Å². The Morgan fingerprint density at radius 2 is 1.60 bits per heavy atom. The van der Waals surface area contributed by atoms with Crippen LogP contribution < -0.4 is 0 Å². The second kappa shape index (κ2) is 4.26. The summed E-state index contributed by atoms with van der Waals surface area (Å²) >= 11 is 0. The van der Waals surface area contributed by atoms with Crippen LogP contribution in [-0.2, 0) is 0 Å². The summed E-state index contributed by atoms with van der Waals surface area (Å²) in [6.45, 7) is 4.33. The molecule has 0 bridgehead atoms. The van der Waals surface area contributed by atoms with E-state index in [1.807, 2.05) is 18.2 Å². The van der Waals surface area contributed by atoms with E-state index in [-0.39, 0.29) is 0 Å². The van der Waals surface area contributed by atoms with Crippen LogP contribution in [0.3, 0.4) is 0 Å². The van der Waals surface area contributed by atoms with Crippen molar-refractivity contribution in [1.29, 1.82) is 0 Å². The van der Waals surface area contributed by atoms with Crippen LogP contribution in [0.25, 0.3) is 11.3 Å². The third-order valence-corrected chi connectivity index (χ3v) is 2.43. The zero-order valence-corrected chi connectivity index (χ0v) is 9.14. The lowest BCUT2D eigenvalue weighted by atomic mass is 10.1. The molecule has 0 saturated heterocycles. The third-order valence-electron chi connectivity index (χ3n) is 2.43. The van der Waals surface area contributed by atoms with Crippen molar-refractivity contribution >= 4 is 0 Å². The second-order valence-corrected chi connectivity index (χ2v) is 3.97. The van der Waals surface area contributed by atoms with Crippen molar-refractivity contribution in [3.63, 3.8) is 0 Å². The number of hydrogen-bond acceptors (Lipinski definition) is 1.